The number of guanidine groups is 1. The van der Waals surface area contributed by atoms with E-state index in [9.17, 15) is 54.0 Å². The number of aliphatic hydroxyl groups excluding tert-OH is 3. The third-order valence-corrected chi connectivity index (χ3v) is 8.80. The van der Waals surface area contributed by atoms with E-state index in [2.05, 4.69) is 57.2 Å². The first-order valence-electron chi connectivity index (χ1n) is 19.0. The van der Waals surface area contributed by atoms with Crippen LogP contribution in [0.1, 0.15) is 58.3 Å². The van der Waals surface area contributed by atoms with E-state index in [0.29, 0.717) is 11.4 Å². The van der Waals surface area contributed by atoms with Crippen LogP contribution in [0.3, 0.4) is 0 Å². The Morgan fingerprint density at radius 1 is 0.700 bits per heavy atom. The number of aliphatic carboxylic acids is 1. The number of rotatable bonds is 26. The van der Waals surface area contributed by atoms with Crippen LogP contribution in [0, 0.1) is 11.3 Å². The normalized spacial score (nSPS) is 15.7. The van der Waals surface area contributed by atoms with Gasteiger partial charge < -0.3 is 79.1 Å². The van der Waals surface area contributed by atoms with Crippen molar-refractivity contribution in [2.75, 3.05) is 13.2 Å². The summed E-state index contributed by atoms with van der Waals surface area (Å²) in [5.41, 5.74) is 12.2. The number of carbonyl (C=O) groups is 7. The molecule has 0 aromatic carbocycles. The minimum Gasteiger partial charge on any atom is -0.480 e. The topological polar surface area (TPSA) is 418 Å². The van der Waals surface area contributed by atoms with E-state index in [4.69, 9.17) is 16.9 Å². The molecule has 0 fully saturated rings. The van der Waals surface area contributed by atoms with Gasteiger partial charge in [0.05, 0.1) is 48.9 Å². The van der Waals surface area contributed by atoms with E-state index >= 15 is 0 Å². The van der Waals surface area contributed by atoms with Crippen molar-refractivity contribution in [3.05, 3.63) is 36.4 Å². The monoisotopic (exact) mass is 850 g/mol. The number of carboxylic acid groups (broad SMARTS) is 1. The van der Waals surface area contributed by atoms with Crippen molar-refractivity contribution < 1.29 is 54.0 Å². The van der Waals surface area contributed by atoms with Gasteiger partial charge in [0.25, 0.3) is 0 Å². The molecule has 25 heteroatoms. The van der Waals surface area contributed by atoms with Gasteiger partial charge in [-0.2, -0.15) is 0 Å². The number of hydrogen-bond donors (Lipinski definition) is 16. The predicted molar refractivity (Wildman–Crippen MR) is 211 cm³/mol. The van der Waals surface area contributed by atoms with Crippen molar-refractivity contribution in [2.24, 2.45) is 17.4 Å². The van der Waals surface area contributed by atoms with Gasteiger partial charge in [-0.15, -0.1) is 0 Å². The molecule has 0 aliphatic rings. The van der Waals surface area contributed by atoms with Gasteiger partial charge in [-0.05, 0) is 39.0 Å². The van der Waals surface area contributed by atoms with Gasteiger partial charge in [-0.1, -0.05) is 13.8 Å². The van der Waals surface area contributed by atoms with E-state index in [1.54, 1.807) is 20.0 Å². The maximum Gasteiger partial charge on any atom is 0.326 e. The first kappa shape index (κ1) is 50.0. The Kier molecular flexibility index (Phi) is 20.5. The molecule has 60 heavy (non-hydrogen) atoms. The lowest BCUT2D eigenvalue weighted by molar-refractivity contribution is -0.143. The van der Waals surface area contributed by atoms with Crippen molar-refractivity contribution in [2.45, 2.75) is 114 Å². The van der Waals surface area contributed by atoms with Crippen molar-refractivity contribution in [1.29, 1.82) is 5.41 Å². The maximum absolute atomic E-state index is 13.6. The Labute approximate surface area is 344 Å². The number of nitrogens with zero attached hydrogens (tertiary/aromatic N) is 2. The number of nitrogens with two attached hydrogens (primary N) is 2. The van der Waals surface area contributed by atoms with Gasteiger partial charge in [0.2, 0.25) is 35.4 Å². The van der Waals surface area contributed by atoms with Gasteiger partial charge in [-0.3, -0.25) is 34.2 Å². The molecular weight excluding hydrogens is 792 g/mol. The lowest BCUT2D eigenvalue weighted by atomic mass is 10.0. The van der Waals surface area contributed by atoms with Crippen LogP contribution >= 0.6 is 0 Å². The minimum atomic E-state index is -1.84. The Balaban J connectivity index is 2.21. The van der Waals surface area contributed by atoms with Gasteiger partial charge in [0, 0.05) is 31.8 Å². The van der Waals surface area contributed by atoms with Crippen LogP contribution < -0.4 is 48.7 Å². The maximum atomic E-state index is 13.6. The molecule has 0 bridgehead atoms. The Morgan fingerprint density at radius 2 is 1.17 bits per heavy atom. The molecule has 25 nitrogen and oxygen atoms in total. The zero-order valence-corrected chi connectivity index (χ0v) is 33.7. The Morgan fingerprint density at radius 3 is 1.65 bits per heavy atom. The highest BCUT2D eigenvalue weighted by atomic mass is 16.4. The minimum absolute atomic E-state index is 0.0681. The smallest absolute Gasteiger partial charge is 0.326 e. The fourth-order valence-corrected chi connectivity index (χ4v) is 5.62. The summed E-state index contributed by atoms with van der Waals surface area (Å²) < 4.78 is 0. The zero-order valence-electron chi connectivity index (χ0n) is 33.7. The first-order valence-corrected chi connectivity index (χ1v) is 19.0. The average Bonchev–Trinajstić information content (AvgIpc) is 3.89. The second kappa shape index (κ2) is 24.7. The zero-order chi connectivity index (χ0) is 45.1. The molecule has 0 saturated carbocycles. The summed E-state index contributed by atoms with van der Waals surface area (Å²) in [5.74, 6) is -7.81. The highest BCUT2D eigenvalue weighted by Gasteiger charge is 2.36. The van der Waals surface area contributed by atoms with Gasteiger partial charge in [0.1, 0.15) is 36.3 Å². The number of imidazole rings is 2. The molecule has 0 unspecified atom stereocenters. The van der Waals surface area contributed by atoms with Gasteiger partial charge >= 0.3 is 5.97 Å². The molecule has 0 aliphatic carbocycles. The number of nitrogens with one attached hydrogen (secondary N) is 10. The third kappa shape index (κ3) is 17.0. The number of amides is 6. The highest BCUT2D eigenvalue weighted by molar-refractivity contribution is 5.97. The van der Waals surface area contributed by atoms with E-state index in [1.807, 2.05) is 0 Å². The van der Waals surface area contributed by atoms with Gasteiger partial charge in [0.15, 0.2) is 5.96 Å². The van der Waals surface area contributed by atoms with E-state index < -0.39 is 103 Å². The molecule has 2 aromatic heterocycles. The lowest BCUT2D eigenvalue weighted by Gasteiger charge is -2.28. The van der Waals surface area contributed by atoms with E-state index in [0.717, 1.165) is 13.8 Å². The second-order valence-electron chi connectivity index (χ2n) is 14.5. The number of hydrogen-bond acceptors (Lipinski definition) is 14. The molecule has 0 spiro atoms. The molecular formula is C35H58N14O11. The first-order chi connectivity index (χ1) is 28.2. The molecule has 6 amide bonds. The van der Waals surface area contributed by atoms with E-state index in [-0.39, 0.29) is 50.5 Å². The van der Waals surface area contributed by atoms with Crippen LogP contribution in [0.2, 0.25) is 0 Å². The molecule has 2 rings (SSSR count). The Bertz CT molecular complexity index is 1720. The number of aromatic amines is 2. The number of H-pyrrole nitrogens is 2. The SMILES string of the molecule is CC(C)C[C@H](NC(=O)[C@@H](N)Cc1c[nH]cn1)C(=O)N[C@@H](CCCNC(=N)N)C(=O)N[C@@H](CO)C(=O)N[C@H](C(=O)N[C@H](C(=O)N[C@@H](Cc1c[nH]cn1)C(=O)O)[C@@H](C)O)[C@@H](C)O. The summed E-state index contributed by atoms with van der Waals surface area (Å²) in [6.45, 7) is 4.90. The standard InChI is InChI=1S/C35H58N14O11/c1-16(2)8-23(45-28(53)21(36)9-19-11-39-14-42-19)30(55)44-22(6-5-7-41-35(37)38)29(54)47-25(13-50)31(56)48-27(18(4)52)33(58)49-26(17(3)51)32(57)46-24(34(59)60)10-20-12-40-15-43-20/h11-12,14-18,21-27,50-52H,5-10,13,36H2,1-4H3,(H,39,42)(H,40,43)(H,44,55)(H,45,53)(H,46,57)(H,47,54)(H,48,56)(H,49,58)(H,59,60)(H4,37,38,41)/t17-,18-,21+,22+,23+,24+,25+,26+,27+/m1/s1. The van der Waals surface area contributed by atoms with Gasteiger partial charge in [-0.25, -0.2) is 14.8 Å². The summed E-state index contributed by atoms with van der Waals surface area (Å²) in [6, 6.07) is -10.5. The van der Waals surface area contributed by atoms with Crippen LogP contribution in [0.25, 0.3) is 0 Å². The van der Waals surface area contributed by atoms with Crippen molar-refractivity contribution in [1.82, 2.24) is 57.2 Å². The van der Waals surface area contributed by atoms with Crippen LogP contribution in [0.4, 0.5) is 0 Å². The second-order valence-corrected chi connectivity index (χ2v) is 14.5. The summed E-state index contributed by atoms with van der Waals surface area (Å²) in [5, 5.41) is 64.5. The molecule has 18 N–H and O–H groups in total. The molecule has 2 heterocycles. The largest absolute Gasteiger partial charge is 0.480 e. The molecule has 0 radical (unpaired) electrons. The predicted octanol–water partition coefficient (Wildman–Crippen LogP) is -5.70. The summed E-state index contributed by atoms with van der Waals surface area (Å²) in [6.07, 6.45) is 2.46. The summed E-state index contributed by atoms with van der Waals surface area (Å²) >= 11 is 0. The van der Waals surface area contributed by atoms with Crippen molar-refractivity contribution >= 4 is 47.4 Å². The molecule has 2 aromatic rings. The fourth-order valence-electron chi connectivity index (χ4n) is 5.62. The van der Waals surface area contributed by atoms with Crippen molar-refractivity contribution in [3.8, 4) is 0 Å². The number of aliphatic hydroxyl groups is 3. The molecule has 0 aliphatic heterocycles. The van der Waals surface area contributed by atoms with E-state index in [1.165, 1.54) is 18.9 Å². The Hall–Kier alpha value is -6.18. The molecule has 0 saturated heterocycles. The van der Waals surface area contributed by atoms with Crippen LogP contribution in [0.15, 0.2) is 25.0 Å². The molecule has 9 atom stereocenters. The highest BCUT2D eigenvalue weighted by Crippen LogP contribution is 2.09. The molecule has 334 valence electrons. The number of aromatic nitrogens is 4. The number of carboxylic acids is 1. The van der Waals surface area contributed by atoms with Crippen molar-refractivity contribution in [3.63, 3.8) is 0 Å². The lowest BCUT2D eigenvalue weighted by Crippen LogP contribution is -2.63. The number of carbonyl (C=O) groups excluding carboxylic acids is 6. The fraction of sp³-hybridized carbons (Fsp3) is 0.600. The summed E-state index contributed by atoms with van der Waals surface area (Å²) in [7, 11) is 0. The van der Waals surface area contributed by atoms with Crippen LogP contribution in [-0.4, -0.2) is 155 Å². The van der Waals surface area contributed by atoms with Crippen LogP contribution in [-0.2, 0) is 46.4 Å². The average molecular weight is 851 g/mol. The quantitative estimate of drug-likeness (QED) is 0.0238. The summed E-state index contributed by atoms with van der Waals surface area (Å²) in [4.78, 5) is 105. The van der Waals surface area contributed by atoms with Crippen LogP contribution in [0.5, 0.6) is 0 Å². The third-order valence-electron chi connectivity index (χ3n) is 8.80.